The van der Waals surface area contributed by atoms with Crippen LogP contribution in [-0.4, -0.2) is 45.9 Å². The number of H-pyrrole nitrogens is 1. The highest BCUT2D eigenvalue weighted by Gasteiger charge is 2.29. The van der Waals surface area contributed by atoms with E-state index in [1.165, 1.54) is 41.4 Å². The number of nitrogens with one attached hydrogen (secondary N) is 2. The fraction of sp³-hybridized carbons (Fsp3) is 0.312. The van der Waals surface area contributed by atoms with E-state index >= 15 is 0 Å². The molecule has 2 aromatic carbocycles. The minimum atomic E-state index is -0.225. The highest BCUT2D eigenvalue weighted by atomic mass is 19.1. The minimum Gasteiger partial charge on any atom is -0.369 e. The maximum atomic E-state index is 13.8. The Balaban J connectivity index is 1.28. The number of benzene rings is 2. The van der Waals surface area contributed by atoms with Crippen LogP contribution < -0.4 is 10.2 Å². The van der Waals surface area contributed by atoms with Gasteiger partial charge in [0, 0.05) is 71.8 Å². The molecule has 1 saturated heterocycles. The quantitative estimate of drug-likeness (QED) is 0.281. The normalized spacial score (nSPS) is 15.8. The fourth-order valence-corrected chi connectivity index (χ4v) is 5.99. The first-order chi connectivity index (χ1) is 19.0. The van der Waals surface area contributed by atoms with Crippen LogP contribution in [0.2, 0.25) is 0 Å². The summed E-state index contributed by atoms with van der Waals surface area (Å²) in [4.78, 5) is 11.1. The van der Waals surface area contributed by atoms with Crippen LogP contribution >= 0.6 is 0 Å². The second kappa shape index (κ2) is 9.65. The van der Waals surface area contributed by atoms with Crippen molar-refractivity contribution >= 4 is 16.7 Å². The molecule has 1 saturated carbocycles. The van der Waals surface area contributed by atoms with Crippen molar-refractivity contribution < 1.29 is 4.39 Å². The summed E-state index contributed by atoms with van der Waals surface area (Å²) in [6.45, 7) is 8.81. The number of fused-ring (bicyclic) bond motifs is 1. The van der Waals surface area contributed by atoms with Crippen LogP contribution in [0, 0.1) is 19.7 Å². The van der Waals surface area contributed by atoms with Crippen molar-refractivity contribution in [3.8, 4) is 22.3 Å². The van der Waals surface area contributed by atoms with Gasteiger partial charge >= 0.3 is 0 Å². The lowest BCUT2D eigenvalue weighted by molar-refractivity contribution is 0.589. The van der Waals surface area contributed by atoms with Gasteiger partial charge in [0.1, 0.15) is 11.5 Å². The molecule has 0 atom stereocenters. The lowest BCUT2D eigenvalue weighted by atomic mass is 9.97. The monoisotopic (exact) mass is 520 g/mol. The molecule has 0 unspecified atom stereocenters. The number of rotatable bonds is 6. The standard InChI is InChI=1S/C32H33FN6/c1-20-30(21(2)39(37-20)19-22-4-3-5-25(33)16-22)29-18-35-32-28(29)17-27(31(36-32)24-6-7-24)23-8-10-26(11-9-23)38-14-12-34-13-15-38/h3-5,8-11,16-18,24,34H,6-7,12-15,19H2,1-2H3,(H,35,36). The SMILES string of the molecule is Cc1nn(Cc2cccc(F)c2)c(C)c1-c1c[nH]c2nc(C3CC3)c(-c3ccc(N4CCNCC4)cc3)cc12. The van der Waals surface area contributed by atoms with Gasteiger partial charge in [-0.15, -0.1) is 0 Å². The zero-order valence-corrected chi connectivity index (χ0v) is 22.5. The van der Waals surface area contributed by atoms with Crippen molar-refractivity contribution in [1.29, 1.82) is 0 Å². The number of aryl methyl sites for hydroxylation is 1. The topological polar surface area (TPSA) is 61.8 Å². The number of aromatic nitrogens is 4. The average Bonchev–Trinajstić information content (AvgIpc) is 3.67. The number of hydrogen-bond acceptors (Lipinski definition) is 4. The minimum absolute atomic E-state index is 0.225. The molecule has 7 rings (SSSR count). The lowest BCUT2D eigenvalue weighted by Gasteiger charge is -2.29. The third kappa shape index (κ3) is 4.51. The zero-order valence-electron chi connectivity index (χ0n) is 22.5. The van der Waals surface area contributed by atoms with Gasteiger partial charge in [-0.25, -0.2) is 9.37 Å². The molecule has 2 fully saturated rings. The summed E-state index contributed by atoms with van der Waals surface area (Å²) < 4.78 is 15.8. The van der Waals surface area contributed by atoms with E-state index in [0.29, 0.717) is 12.5 Å². The van der Waals surface area contributed by atoms with Crippen molar-refractivity contribution in [1.82, 2.24) is 25.1 Å². The molecule has 6 nitrogen and oxygen atoms in total. The van der Waals surface area contributed by atoms with Crippen LogP contribution in [0.1, 0.15) is 41.4 Å². The highest BCUT2D eigenvalue weighted by Crippen LogP contribution is 2.45. The summed E-state index contributed by atoms with van der Waals surface area (Å²) in [5, 5.41) is 9.38. The fourth-order valence-electron chi connectivity index (χ4n) is 5.99. The molecular formula is C32H33FN6. The van der Waals surface area contributed by atoms with Gasteiger partial charge in [0.25, 0.3) is 0 Å². The second-order valence-corrected chi connectivity index (χ2v) is 10.9. The van der Waals surface area contributed by atoms with E-state index in [9.17, 15) is 4.39 Å². The first-order valence-corrected chi connectivity index (χ1v) is 13.9. The number of nitrogens with zero attached hydrogens (tertiary/aromatic N) is 4. The van der Waals surface area contributed by atoms with E-state index in [4.69, 9.17) is 10.1 Å². The number of pyridine rings is 1. The first-order valence-electron chi connectivity index (χ1n) is 13.9. The van der Waals surface area contributed by atoms with Gasteiger partial charge in [0.05, 0.1) is 17.9 Å². The van der Waals surface area contributed by atoms with Crippen molar-refractivity contribution in [2.45, 2.75) is 39.2 Å². The largest absolute Gasteiger partial charge is 0.369 e. The Morgan fingerprint density at radius 2 is 1.77 bits per heavy atom. The molecule has 3 aromatic heterocycles. The highest BCUT2D eigenvalue weighted by molar-refractivity contribution is 5.97. The van der Waals surface area contributed by atoms with Crippen molar-refractivity contribution in [2.75, 3.05) is 31.1 Å². The van der Waals surface area contributed by atoms with Crippen LogP contribution in [0.25, 0.3) is 33.3 Å². The number of halogens is 1. The molecule has 1 aliphatic carbocycles. The number of aromatic amines is 1. The molecule has 0 bridgehead atoms. The molecule has 1 aliphatic heterocycles. The maximum Gasteiger partial charge on any atom is 0.138 e. The summed E-state index contributed by atoms with van der Waals surface area (Å²) in [6.07, 6.45) is 4.46. The van der Waals surface area contributed by atoms with Gasteiger partial charge in [0.2, 0.25) is 0 Å². The second-order valence-electron chi connectivity index (χ2n) is 10.9. The first kappa shape index (κ1) is 24.1. The van der Waals surface area contributed by atoms with Crippen molar-refractivity contribution in [3.63, 3.8) is 0 Å². The zero-order chi connectivity index (χ0) is 26.5. The Labute approximate surface area is 227 Å². The van der Waals surface area contributed by atoms with E-state index in [0.717, 1.165) is 65.3 Å². The predicted molar refractivity (Wildman–Crippen MR) is 155 cm³/mol. The summed E-state index contributed by atoms with van der Waals surface area (Å²) in [5.74, 6) is 0.304. The molecule has 2 aliphatic rings. The predicted octanol–water partition coefficient (Wildman–Crippen LogP) is 6.18. The Morgan fingerprint density at radius 3 is 2.51 bits per heavy atom. The van der Waals surface area contributed by atoms with Gasteiger partial charge in [-0.2, -0.15) is 5.10 Å². The Hall–Kier alpha value is -3.97. The van der Waals surface area contributed by atoms with Crippen LogP contribution in [0.3, 0.4) is 0 Å². The Bertz CT molecular complexity index is 1650. The molecule has 0 radical (unpaired) electrons. The van der Waals surface area contributed by atoms with E-state index < -0.39 is 0 Å². The van der Waals surface area contributed by atoms with E-state index in [2.05, 4.69) is 58.7 Å². The van der Waals surface area contributed by atoms with Crippen molar-refractivity contribution in [3.05, 3.63) is 89.3 Å². The molecule has 0 amide bonds. The third-order valence-corrected chi connectivity index (χ3v) is 8.19. The number of anilines is 1. The molecule has 4 heterocycles. The molecule has 0 spiro atoms. The van der Waals surface area contributed by atoms with E-state index in [1.807, 2.05) is 17.7 Å². The van der Waals surface area contributed by atoms with Crippen LogP contribution in [0.4, 0.5) is 10.1 Å². The molecule has 198 valence electrons. The molecule has 5 aromatic rings. The van der Waals surface area contributed by atoms with Gasteiger partial charge in [-0.05, 0) is 68.1 Å². The third-order valence-electron chi connectivity index (χ3n) is 8.19. The summed E-state index contributed by atoms with van der Waals surface area (Å²) >= 11 is 0. The van der Waals surface area contributed by atoms with Gasteiger partial charge < -0.3 is 15.2 Å². The molecule has 7 heteroatoms. The smallest absolute Gasteiger partial charge is 0.138 e. The lowest BCUT2D eigenvalue weighted by Crippen LogP contribution is -2.43. The molecule has 39 heavy (non-hydrogen) atoms. The number of piperazine rings is 1. The summed E-state index contributed by atoms with van der Waals surface area (Å²) in [5.41, 5.74) is 11.0. The van der Waals surface area contributed by atoms with E-state index in [1.54, 1.807) is 12.1 Å². The van der Waals surface area contributed by atoms with Crippen LogP contribution in [0.5, 0.6) is 0 Å². The Morgan fingerprint density at radius 1 is 0.974 bits per heavy atom. The van der Waals surface area contributed by atoms with Crippen LogP contribution in [0.15, 0.2) is 60.8 Å². The van der Waals surface area contributed by atoms with Gasteiger partial charge in [-0.3, -0.25) is 4.68 Å². The van der Waals surface area contributed by atoms with Gasteiger partial charge in [0.15, 0.2) is 0 Å². The van der Waals surface area contributed by atoms with E-state index in [-0.39, 0.29) is 5.82 Å². The summed E-state index contributed by atoms with van der Waals surface area (Å²) in [7, 11) is 0. The van der Waals surface area contributed by atoms with Crippen molar-refractivity contribution in [2.24, 2.45) is 0 Å². The molecule has 2 N–H and O–H groups in total. The van der Waals surface area contributed by atoms with Gasteiger partial charge in [-0.1, -0.05) is 24.3 Å². The number of hydrogen-bond donors (Lipinski definition) is 2. The molecular weight excluding hydrogens is 487 g/mol. The average molecular weight is 521 g/mol. The summed E-state index contributed by atoms with van der Waals surface area (Å²) in [6, 6.07) is 18.1. The Kier molecular flexibility index (Phi) is 5.96. The van der Waals surface area contributed by atoms with Crippen LogP contribution in [-0.2, 0) is 6.54 Å². The maximum absolute atomic E-state index is 13.8.